The second-order valence-corrected chi connectivity index (χ2v) is 3.68. The van der Waals surface area contributed by atoms with Gasteiger partial charge in [0.25, 0.3) is 0 Å². The minimum Gasteiger partial charge on any atom is -0.197 e. The molecule has 1 aliphatic carbocycles. The Balaban J connectivity index is 2.27. The molecule has 1 nitrogen and oxygen atoms in total. The average molecular weight is 153 g/mol. The first-order chi connectivity index (χ1) is 4.87. The van der Waals surface area contributed by atoms with Gasteiger partial charge in [-0.25, -0.2) is 0 Å². The van der Waals surface area contributed by atoms with Gasteiger partial charge in [-0.15, -0.1) is 0 Å². The molecule has 0 unspecified atom stereocenters. The van der Waals surface area contributed by atoms with Crippen LogP contribution in [-0.2, 0) is 5.41 Å². The van der Waals surface area contributed by atoms with Crippen molar-refractivity contribution in [1.82, 2.24) is 4.37 Å². The fraction of sp³-hybridized carbons (Fsp3) is 0.625. The van der Waals surface area contributed by atoms with Gasteiger partial charge in [0, 0.05) is 10.8 Å². The van der Waals surface area contributed by atoms with Crippen molar-refractivity contribution in [2.24, 2.45) is 0 Å². The molecule has 1 aliphatic rings. The maximum Gasteiger partial charge on any atom is 0.0603 e. The van der Waals surface area contributed by atoms with E-state index in [4.69, 9.17) is 0 Å². The summed E-state index contributed by atoms with van der Waals surface area (Å²) in [6, 6.07) is 2.17. The third-order valence-electron chi connectivity index (χ3n) is 2.51. The highest BCUT2D eigenvalue weighted by atomic mass is 32.1. The quantitative estimate of drug-likeness (QED) is 0.636. The maximum atomic E-state index is 4.36. The van der Waals surface area contributed by atoms with Gasteiger partial charge in [0.2, 0.25) is 0 Å². The van der Waals surface area contributed by atoms with Gasteiger partial charge in [0.15, 0.2) is 0 Å². The summed E-state index contributed by atoms with van der Waals surface area (Å²) in [6.45, 7) is 2.26. The number of hydrogen-bond donors (Lipinski definition) is 0. The van der Waals surface area contributed by atoms with E-state index in [1.807, 2.05) is 0 Å². The Labute approximate surface area is 65.3 Å². The molecule has 10 heavy (non-hydrogen) atoms. The molecular weight excluding hydrogens is 142 g/mol. The second-order valence-electron chi connectivity index (χ2n) is 3.02. The van der Waals surface area contributed by atoms with Crippen LogP contribution in [0.25, 0.3) is 0 Å². The zero-order valence-electron chi connectivity index (χ0n) is 6.13. The van der Waals surface area contributed by atoms with Gasteiger partial charge < -0.3 is 0 Å². The number of rotatable bonds is 2. The maximum absolute atomic E-state index is 4.36. The van der Waals surface area contributed by atoms with Gasteiger partial charge in [0.1, 0.15) is 0 Å². The molecule has 0 aromatic carbocycles. The monoisotopic (exact) mass is 153 g/mol. The molecule has 0 N–H and O–H groups in total. The summed E-state index contributed by atoms with van der Waals surface area (Å²) >= 11 is 1.57. The van der Waals surface area contributed by atoms with Crippen molar-refractivity contribution < 1.29 is 0 Å². The molecule has 0 spiro atoms. The van der Waals surface area contributed by atoms with Crippen molar-refractivity contribution in [1.29, 1.82) is 0 Å². The molecule has 0 aliphatic heterocycles. The topological polar surface area (TPSA) is 12.9 Å². The fourth-order valence-electron chi connectivity index (χ4n) is 1.43. The summed E-state index contributed by atoms with van der Waals surface area (Å²) in [7, 11) is 0. The van der Waals surface area contributed by atoms with Crippen molar-refractivity contribution >= 4 is 11.5 Å². The van der Waals surface area contributed by atoms with Crippen molar-refractivity contribution in [3.63, 3.8) is 0 Å². The summed E-state index contributed by atoms with van der Waals surface area (Å²) in [5.74, 6) is 0. The molecule has 1 heterocycles. The van der Waals surface area contributed by atoms with E-state index in [-0.39, 0.29) is 0 Å². The highest BCUT2D eigenvalue weighted by Crippen LogP contribution is 2.50. The molecule has 2 heteroatoms. The van der Waals surface area contributed by atoms with Crippen LogP contribution in [-0.4, -0.2) is 4.37 Å². The molecule has 2 rings (SSSR count). The van der Waals surface area contributed by atoms with E-state index >= 15 is 0 Å². The standard InChI is InChI=1S/C8H11NS/c1-2-8(4-5-8)7-3-6-10-9-7/h3,6H,2,4-5H2,1H3. The zero-order valence-corrected chi connectivity index (χ0v) is 6.95. The Morgan fingerprint density at radius 3 is 2.90 bits per heavy atom. The highest BCUT2D eigenvalue weighted by molar-refractivity contribution is 7.03. The smallest absolute Gasteiger partial charge is 0.0603 e. The Bertz CT molecular complexity index is 211. The first-order valence-corrected chi connectivity index (χ1v) is 4.62. The van der Waals surface area contributed by atoms with Crippen LogP contribution in [0.3, 0.4) is 0 Å². The number of hydrogen-bond acceptors (Lipinski definition) is 2. The van der Waals surface area contributed by atoms with E-state index in [2.05, 4.69) is 22.7 Å². The highest BCUT2D eigenvalue weighted by Gasteiger charge is 2.43. The SMILES string of the molecule is CCC1(c2ccsn2)CC1. The first-order valence-electron chi connectivity index (χ1n) is 3.78. The lowest BCUT2D eigenvalue weighted by atomic mass is 10.00. The van der Waals surface area contributed by atoms with Gasteiger partial charge in [-0.05, 0) is 36.9 Å². The molecule has 0 bridgehead atoms. The number of nitrogens with zero attached hydrogens (tertiary/aromatic N) is 1. The predicted octanol–water partition coefficient (Wildman–Crippen LogP) is 2.58. The lowest BCUT2D eigenvalue weighted by molar-refractivity contribution is 0.649. The van der Waals surface area contributed by atoms with Crippen LogP contribution in [0.5, 0.6) is 0 Å². The van der Waals surface area contributed by atoms with Crippen molar-refractivity contribution in [2.75, 3.05) is 0 Å². The molecule has 1 saturated carbocycles. The molecule has 1 fully saturated rings. The van der Waals surface area contributed by atoms with Gasteiger partial charge in [-0.1, -0.05) is 6.92 Å². The summed E-state index contributed by atoms with van der Waals surface area (Å²) < 4.78 is 4.36. The van der Waals surface area contributed by atoms with E-state index in [0.717, 1.165) is 0 Å². The van der Waals surface area contributed by atoms with Crippen LogP contribution in [0, 0.1) is 0 Å². The van der Waals surface area contributed by atoms with Gasteiger partial charge in [-0.3, -0.25) is 0 Å². The van der Waals surface area contributed by atoms with Crippen LogP contribution < -0.4 is 0 Å². The fourth-order valence-corrected chi connectivity index (χ4v) is 2.05. The Kier molecular flexibility index (Phi) is 1.31. The molecule has 0 radical (unpaired) electrons. The summed E-state index contributed by atoms with van der Waals surface area (Å²) in [5, 5.41) is 2.07. The molecule has 0 atom stereocenters. The van der Waals surface area contributed by atoms with Crippen LogP contribution in [0.4, 0.5) is 0 Å². The summed E-state index contributed by atoms with van der Waals surface area (Å²) in [6.07, 6.45) is 3.97. The van der Waals surface area contributed by atoms with E-state index < -0.39 is 0 Å². The largest absolute Gasteiger partial charge is 0.197 e. The lowest BCUT2D eigenvalue weighted by Crippen LogP contribution is -2.03. The Hall–Kier alpha value is -0.370. The first kappa shape index (κ1) is 6.35. The normalized spacial score (nSPS) is 20.9. The second kappa shape index (κ2) is 2.06. The molecule has 1 aromatic rings. The Morgan fingerprint density at radius 2 is 2.50 bits per heavy atom. The summed E-state index contributed by atoms with van der Waals surface area (Å²) in [4.78, 5) is 0. The van der Waals surface area contributed by atoms with Crippen LogP contribution >= 0.6 is 11.5 Å². The minimum atomic E-state index is 0.514. The van der Waals surface area contributed by atoms with Crippen LogP contribution in [0.1, 0.15) is 31.9 Å². The minimum absolute atomic E-state index is 0.514. The van der Waals surface area contributed by atoms with Crippen LogP contribution in [0.2, 0.25) is 0 Å². The van der Waals surface area contributed by atoms with E-state index in [1.54, 1.807) is 11.5 Å². The molecule has 0 saturated heterocycles. The third-order valence-corrected chi connectivity index (χ3v) is 3.07. The van der Waals surface area contributed by atoms with Crippen LogP contribution in [0.15, 0.2) is 11.4 Å². The summed E-state index contributed by atoms with van der Waals surface area (Å²) in [5.41, 5.74) is 1.85. The molecular formula is C8H11NS. The van der Waals surface area contributed by atoms with Gasteiger partial charge in [-0.2, -0.15) is 4.37 Å². The van der Waals surface area contributed by atoms with E-state index in [0.29, 0.717) is 5.41 Å². The number of aromatic nitrogens is 1. The predicted molar refractivity (Wildman–Crippen MR) is 43.3 cm³/mol. The van der Waals surface area contributed by atoms with E-state index in [9.17, 15) is 0 Å². The van der Waals surface area contributed by atoms with Crippen molar-refractivity contribution in [2.45, 2.75) is 31.6 Å². The zero-order chi connectivity index (χ0) is 7.03. The molecule has 54 valence electrons. The van der Waals surface area contributed by atoms with Gasteiger partial charge in [0.05, 0.1) is 5.69 Å². The third kappa shape index (κ3) is 0.788. The van der Waals surface area contributed by atoms with E-state index in [1.165, 1.54) is 25.0 Å². The van der Waals surface area contributed by atoms with Gasteiger partial charge >= 0.3 is 0 Å². The Morgan fingerprint density at radius 1 is 1.70 bits per heavy atom. The average Bonchev–Trinajstić information content (AvgIpc) is 2.58. The molecule has 1 aromatic heterocycles. The van der Waals surface area contributed by atoms with Crippen molar-refractivity contribution in [3.05, 3.63) is 17.1 Å². The molecule has 0 amide bonds. The van der Waals surface area contributed by atoms with Crippen molar-refractivity contribution in [3.8, 4) is 0 Å². The lowest BCUT2D eigenvalue weighted by Gasteiger charge is -2.06.